The summed E-state index contributed by atoms with van der Waals surface area (Å²) in [4.78, 5) is 26.1. The highest BCUT2D eigenvalue weighted by atomic mass is 16.5. The summed E-state index contributed by atoms with van der Waals surface area (Å²) in [6.07, 6.45) is 3.02. The fraction of sp³-hybridized carbons (Fsp3) is 0.200. The molecule has 47 heavy (non-hydrogen) atoms. The Morgan fingerprint density at radius 2 is 1.79 bits per heavy atom. The third-order valence-corrected chi connectivity index (χ3v) is 7.71. The average Bonchev–Trinajstić information content (AvgIpc) is 3.51. The van der Waals surface area contributed by atoms with E-state index in [2.05, 4.69) is 56.3 Å². The van der Waals surface area contributed by atoms with Crippen LogP contribution in [-0.2, 0) is 14.3 Å². The lowest BCUT2D eigenvalue weighted by atomic mass is 10.1. The van der Waals surface area contributed by atoms with Crippen molar-refractivity contribution in [3.05, 3.63) is 98.2 Å². The number of fused-ring (bicyclic) bond motifs is 1. The van der Waals surface area contributed by atoms with Crippen molar-refractivity contribution in [1.29, 1.82) is 0 Å². The summed E-state index contributed by atoms with van der Waals surface area (Å²) in [5.41, 5.74) is 6.25. The fourth-order valence-electron chi connectivity index (χ4n) is 5.34. The maximum Gasteiger partial charge on any atom is 0.247 e. The van der Waals surface area contributed by atoms with Gasteiger partial charge in [0.25, 0.3) is 0 Å². The molecule has 3 aromatic carbocycles. The smallest absolute Gasteiger partial charge is 0.247 e. The Morgan fingerprint density at radius 1 is 1.00 bits per heavy atom. The standard InChI is InChI=1S/C35H37N9O3/c1-4-30(45)36-26-9-6-8-24(22-26)32-31-33(37-25-12-14-28(15-13-25)43(5-2)16-19-46-3)41-42-34(31)40-35(39-32)38-27-10-7-11-29(23-27)44-17-20-47-21-18-44/h4-15,22-23H,1-2,16-21H2,3H3,(H,36,45)(H3,37,38,39,40,41,42). The van der Waals surface area contributed by atoms with Gasteiger partial charge in [-0.15, -0.1) is 0 Å². The molecule has 2 aromatic heterocycles. The van der Waals surface area contributed by atoms with E-state index in [9.17, 15) is 4.79 Å². The van der Waals surface area contributed by atoms with E-state index >= 15 is 0 Å². The third-order valence-electron chi connectivity index (χ3n) is 7.71. The lowest BCUT2D eigenvalue weighted by Gasteiger charge is -2.29. The fourth-order valence-corrected chi connectivity index (χ4v) is 5.34. The van der Waals surface area contributed by atoms with Gasteiger partial charge < -0.3 is 35.2 Å². The largest absolute Gasteiger partial charge is 0.383 e. The highest BCUT2D eigenvalue weighted by Crippen LogP contribution is 2.35. The van der Waals surface area contributed by atoms with E-state index in [0.29, 0.717) is 60.5 Å². The molecule has 12 heteroatoms. The number of morpholine rings is 1. The number of amides is 1. The minimum absolute atomic E-state index is 0.302. The van der Waals surface area contributed by atoms with E-state index in [4.69, 9.17) is 19.4 Å². The van der Waals surface area contributed by atoms with E-state index in [1.54, 1.807) is 13.3 Å². The van der Waals surface area contributed by atoms with Crippen LogP contribution < -0.4 is 25.8 Å². The normalized spacial score (nSPS) is 12.8. The number of anilines is 7. The Kier molecular flexibility index (Phi) is 9.70. The van der Waals surface area contributed by atoms with Gasteiger partial charge in [0.2, 0.25) is 11.9 Å². The molecule has 0 radical (unpaired) electrons. The van der Waals surface area contributed by atoms with Crippen LogP contribution in [0, 0.1) is 0 Å². The zero-order valence-corrected chi connectivity index (χ0v) is 26.2. The number of aromatic nitrogens is 4. The van der Waals surface area contributed by atoms with Crippen molar-refractivity contribution in [2.75, 3.05) is 72.3 Å². The summed E-state index contributed by atoms with van der Waals surface area (Å²) in [6.45, 7) is 11.8. The quantitative estimate of drug-likeness (QED) is 0.114. The molecular formula is C35H37N9O3. The number of hydrogen-bond donors (Lipinski definition) is 4. The number of methoxy groups -OCH3 is 1. The van der Waals surface area contributed by atoms with Gasteiger partial charge in [0.1, 0.15) is 5.82 Å². The summed E-state index contributed by atoms with van der Waals surface area (Å²) in [5, 5.41) is 18.0. The van der Waals surface area contributed by atoms with Gasteiger partial charge in [0, 0.05) is 60.7 Å². The maximum atomic E-state index is 12.1. The number of nitrogens with zero attached hydrogens (tertiary/aromatic N) is 5. The molecule has 6 rings (SSSR count). The number of rotatable bonds is 13. The minimum Gasteiger partial charge on any atom is -0.383 e. The van der Waals surface area contributed by atoms with Crippen LogP contribution in [0.2, 0.25) is 0 Å². The molecule has 1 fully saturated rings. The van der Waals surface area contributed by atoms with Crippen LogP contribution in [-0.4, -0.2) is 72.6 Å². The first-order valence-corrected chi connectivity index (χ1v) is 15.3. The lowest BCUT2D eigenvalue weighted by Crippen LogP contribution is -2.36. The molecule has 12 nitrogen and oxygen atoms in total. The Bertz CT molecular complexity index is 1870. The second-order valence-electron chi connectivity index (χ2n) is 10.8. The molecule has 0 atom stereocenters. The maximum absolute atomic E-state index is 12.1. The molecule has 0 unspecified atom stereocenters. The summed E-state index contributed by atoms with van der Waals surface area (Å²) < 4.78 is 10.7. The van der Waals surface area contributed by atoms with Gasteiger partial charge in [-0.25, -0.2) is 4.98 Å². The second-order valence-corrected chi connectivity index (χ2v) is 10.8. The van der Waals surface area contributed by atoms with Gasteiger partial charge in [-0.05, 0) is 66.9 Å². The summed E-state index contributed by atoms with van der Waals surface area (Å²) in [5.74, 6) is 0.711. The molecular weight excluding hydrogens is 594 g/mol. The Hall–Kier alpha value is -5.72. The highest BCUT2D eigenvalue weighted by molar-refractivity contribution is 6.02. The van der Waals surface area contributed by atoms with Crippen molar-refractivity contribution in [2.45, 2.75) is 0 Å². The van der Waals surface area contributed by atoms with E-state index in [0.717, 1.165) is 41.4 Å². The van der Waals surface area contributed by atoms with Crippen LogP contribution in [0.3, 0.4) is 0 Å². The third kappa shape index (κ3) is 7.40. The Balaban J connectivity index is 1.35. The van der Waals surface area contributed by atoms with Crippen molar-refractivity contribution in [3.8, 4) is 11.3 Å². The molecule has 3 heterocycles. The first kappa shape index (κ1) is 31.3. The first-order chi connectivity index (χ1) is 23.0. The predicted octanol–water partition coefficient (Wildman–Crippen LogP) is 6.06. The first-order valence-electron chi connectivity index (χ1n) is 15.3. The molecule has 0 saturated carbocycles. The van der Waals surface area contributed by atoms with Crippen LogP contribution in [0.4, 0.5) is 40.2 Å². The number of benzene rings is 3. The summed E-state index contributed by atoms with van der Waals surface area (Å²) >= 11 is 0. The molecule has 0 bridgehead atoms. The van der Waals surface area contributed by atoms with Crippen LogP contribution in [0.1, 0.15) is 0 Å². The van der Waals surface area contributed by atoms with Crippen LogP contribution in [0.5, 0.6) is 0 Å². The van der Waals surface area contributed by atoms with Crippen LogP contribution >= 0.6 is 0 Å². The number of aromatic amines is 1. The van der Waals surface area contributed by atoms with Gasteiger partial charge >= 0.3 is 0 Å². The topological polar surface area (TPSA) is 133 Å². The molecule has 240 valence electrons. The van der Waals surface area contributed by atoms with E-state index in [1.165, 1.54) is 6.08 Å². The van der Waals surface area contributed by atoms with Gasteiger partial charge in [-0.3, -0.25) is 9.89 Å². The number of carbonyl (C=O) groups excluding carboxylic acids is 1. The average molecular weight is 632 g/mol. The van der Waals surface area contributed by atoms with E-state index < -0.39 is 0 Å². The zero-order valence-electron chi connectivity index (χ0n) is 26.2. The van der Waals surface area contributed by atoms with Gasteiger partial charge in [-0.1, -0.05) is 31.4 Å². The SMILES string of the molecule is C=CC(=O)Nc1cccc(-c2nc(Nc3cccc(N4CCOCC4)c3)nc3n[nH]c(Nc4ccc(N(C=C)CCOC)cc4)c23)c1. The van der Waals surface area contributed by atoms with Gasteiger partial charge in [-0.2, -0.15) is 10.1 Å². The van der Waals surface area contributed by atoms with Crippen molar-refractivity contribution in [2.24, 2.45) is 0 Å². The number of hydrogen-bond acceptors (Lipinski definition) is 10. The van der Waals surface area contributed by atoms with Gasteiger partial charge in [0.15, 0.2) is 5.65 Å². The van der Waals surface area contributed by atoms with Crippen molar-refractivity contribution >= 4 is 57.1 Å². The van der Waals surface area contributed by atoms with Gasteiger partial charge in [0.05, 0.1) is 30.9 Å². The minimum atomic E-state index is -0.302. The monoisotopic (exact) mass is 631 g/mol. The summed E-state index contributed by atoms with van der Waals surface area (Å²) in [6, 6.07) is 23.6. The number of H-pyrrole nitrogens is 1. The summed E-state index contributed by atoms with van der Waals surface area (Å²) in [7, 11) is 1.68. The highest BCUT2D eigenvalue weighted by Gasteiger charge is 2.19. The number of carbonyl (C=O) groups is 1. The molecule has 0 spiro atoms. The Labute approximate surface area is 273 Å². The molecule has 1 aliphatic rings. The van der Waals surface area contributed by atoms with Crippen molar-refractivity contribution in [1.82, 2.24) is 20.2 Å². The zero-order chi connectivity index (χ0) is 32.6. The number of nitrogens with one attached hydrogen (secondary N) is 4. The van der Waals surface area contributed by atoms with Crippen molar-refractivity contribution < 1.29 is 14.3 Å². The molecule has 0 aliphatic carbocycles. The van der Waals surface area contributed by atoms with Crippen LogP contribution in [0.15, 0.2) is 98.2 Å². The second kappa shape index (κ2) is 14.6. The Morgan fingerprint density at radius 3 is 2.55 bits per heavy atom. The van der Waals surface area contributed by atoms with Crippen LogP contribution in [0.25, 0.3) is 22.3 Å². The predicted molar refractivity (Wildman–Crippen MR) is 188 cm³/mol. The lowest BCUT2D eigenvalue weighted by molar-refractivity contribution is -0.111. The molecule has 1 saturated heterocycles. The molecule has 4 N–H and O–H groups in total. The molecule has 5 aromatic rings. The number of ether oxygens (including phenoxy) is 2. The van der Waals surface area contributed by atoms with Crippen molar-refractivity contribution in [3.63, 3.8) is 0 Å². The molecule has 1 aliphatic heterocycles. The van der Waals surface area contributed by atoms with E-state index in [-0.39, 0.29) is 5.91 Å². The molecule has 1 amide bonds. The van der Waals surface area contributed by atoms with E-state index in [1.807, 2.05) is 65.6 Å².